The minimum Gasteiger partial charge on any atom is -0.485 e. The molecule has 1 amide bonds. The summed E-state index contributed by atoms with van der Waals surface area (Å²) in [5.41, 5.74) is 0.332. The summed E-state index contributed by atoms with van der Waals surface area (Å²) in [6.07, 6.45) is -2.01. The maximum atomic E-state index is 12.2. The predicted molar refractivity (Wildman–Crippen MR) is 97.0 cm³/mol. The average molecular weight is 396 g/mol. The van der Waals surface area contributed by atoms with E-state index in [9.17, 15) is 9.59 Å². The Kier molecular flexibility index (Phi) is 5.54. The smallest absolute Gasteiger partial charge is 0.351 e. The summed E-state index contributed by atoms with van der Waals surface area (Å²) in [6.45, 7) is 1.45. The lowest BCUT2D eigenvalue weighted by molar-refractivity contribution is -0.162. The molecular weight excluding hydrogens is 381 g/mol. The van der Waals surface area contributed by atoms with E-state index in [4.69, 9.17) is 37.4 Å². The molecule has 1 aliphatic heterocycles. The molecule has 8 heteroatoms. The van der Waals surface area contributed by atoms with Crippen molar-refractivity contribution in [2.24, 2.45) is 0 Å². The second-order valence-corrected chi connectivity index (χ2v) is 6.40. The van der Waals surface area contributed by atoms with Gasteiger partial charge < -0.3 is 19.5 Å². The predicted octanol–water partition coefficient (Wildman–Crippen LogP) is 3.70. The Morgan fingerprint density at radius 2 is 1.92 bits per heavy atom. The molecular formula is C18H15Cl2NO5. The van der Waals surface area contributed by atoms with Gasteiger partial charge in [0.1, 0.15) is 6.61 Å². The van der Waals surface area contributed by atoms with Crippen LogP contribution in [0.2, 0.25) is 10.0 Å². The molecule has 0 saturated heterocycles. The van der Waals surface area contributed by atoms with Crippen molar-refractivity contribution in [1.29, 1.82) is 0 Å². The van der Waals surface area contributed by atoms with Crippen LogP contribution in [0.15, 0.2) is 42.5 Å². The van der Waals surface area contributed by atoms with Gasteiger partial charge in [0, 0.05) is 5.02 Å². The first-order valence-electron chi connectivity index (χ1n) is 7.79. The number of benzene rings is 2. The molecule has 2 aromatic carbocycles. The summed E-state index contributed by atoms with van der Waals surface area (Å²) in [5.74, 6) is -0.236. The normalized spacial score (nSPS) is 16.5. The number of halogens is 2. The van der Waals surface area contributed by atoms with Crippen LogP contribution in [0.4, 0.5) is 5.69 Å². The fourth-order valence-corrected chi connectivity index (χ4v) is 2.60. The van der Waals surface area contributed by atoms with Crippen molar-refractivity contribution >= 4 is 40.8 Å². The minimum absolute atomic E-state index is 0.00427. The van der Waals surface area contributed by atoms with Gasteiger partial charge >= 0.3 is 5.97 Å². The van der Waals surface area contributed by atoms with E-state index in [1.807, 2.05) is 0 Å². The number of esters is 1. The largest absolute Gasteiger partial charge is 0.485 e. The first-order valence-corrected chi connectivity index (χ1v) is 8.54. The van der Waals surface area contributed by atoms with Crippen LogP contribution in [-0.2, 0) is 14.3 Å². The summed E-state index contributed by atoms with van der Waals surface area (Å²) >= 11 is 11.9. The topological polar surface area (TPSA) is 73.9 Å². The van der Waals surface area contributed by atoms with Gasteiger partial charge in [-0.25, -0.2) is 4.79 Å². The standard InChI is InChI=1S/C18H15Cl2NO5/c1-10(17(22)21-13-8-11(19)6-7-12(13)20)25-18(23)16-9-24-14-4-2-3-5-15(14)26-16/h2-8,10,16H,9H2,1H3,(H,21,22)/t10-,16+/m1/s1. The molecule has 1 aliphatic rings. The van der Waals surface area contributed by atoms with Gasteiger partial charge in [0.15, 0.2) is 17.6 Å². The SMILES string of the molecule is C[C@@H](OC(=O)[C@@H]1COc2ccccc2O1)C(=O)Nc1cc(Cl)ccc1Cl. The zero-order chi connectivity index (χ0) is 18.7. The molecule has 0 bridgehead atoms. The lowest BCUT2D eigenvalue weighted by Crippen LogP contribution is -2.41. The zero-order valence-electron chi connectivity index (χ0n) is 13.7. The molecule has 2 aromatic rings. The monoisotopic (exact) mass is 395 g/mol. The Bertz CT molecular complexity index is 842. The summed E-state index contributed by atoms with van der Waals surface area (Å²) in [7, 11) is 0. The van der Waals surface area contributed by atoms with Gasteiger partial charge in [-0.05, 0) is 37.3 Å². The zero-order valence-corrected chi connectivity index (χ0v) is 15.2. The maximum Gasteiger partial charge on any atom is 0.351 e. The fraction of sp³-hybridized carbons (Fsp3) is 0.222. The van der Waals surface area contributed by atoms with E-state index < -0.39 is 24.1 Å². The van der Waals surface area contributed by atoms with Crippen LogP contribution >= 0.6 is 23.2 Å². The van der Waals surface area contributed by atoms with Crippen LogP contribution in [0, 0.1) is 0 Å². The van der Waals surface area contributed by atoms with Gasteiger partial charge in [-0.2, -0.15) is 0 Å². The minimum atomic E-state index is -1.06. The molecule has 0 fully saturated rings. The van der Waals surface area contributed by atoms with Crippen molar-refractivity contribution < 1.29 is 23.8 Å². The van der Waals surface area contributed by atoms with E-state index >= 15 is 0 Å². The number of fused-ring (bicyclic) bond motifs is 1. The van der Waals surface area contributed by atoms with Crippen molar-refractivity contribution in [3.63, 3.8) is 0 Å². The van der Waals surface area contributed by atoms with Gasteiger partial charge in [0.2, 0.25) is 6.10 Å². The Morgan fingerprint density at radius 3 is 2.69 bits per heavy atom. The molecule has 6 nitrogen and oxygen atoms in total. The third-order valence-electron chi connectivity index (χ3n) is 3.62. The van der Waals surface area contributed by atoms with Crippen LogP contribution in [0.5, 0.6) is 11.5 Å². The van der Waals surface area contributed by atoms with Crippen LogP contribution in [0.3, 0.4) is 0 Å². The Morgan fingerprint density at radius 1 is 1.19 bits per heavy atom. The van der Waals surface area contributed by atoms with Gasteiger partial charge in [-0.1, -0.05) is 35.3 Å². The number of amides is 1. The fourth-order valence-electron chi connectivity index (χ4n) is 2.27. The Hall–Kier alpha value is -2.44. The highest BCUT2D eigenvalue weighted by molar-refractivity contribution is 6.35. The number of ether oxygens (including phenoxy) is 3. The number of hydrogen-bond acceptors (Lipinski definition) is 5. The van der Waals surface area contributed by atoms with E-state index in [0.29, 0.717) is 27.2 Å². The third-order valence-corrected chi connectivity index (χ3v) is 4.18. The lowest BCUT2D eigenvalue weighted by Gasteiger charge is -2.25. The van der Waals surface area contributed by atoms with E-state index in [1.165, 1.54) is 13.0 Å². The van der Waals surface area contributed by atoms with Crippen LogP contribution in [0.25, 0.3) is 0 Å². The summed E-state index contributed by atoms with van der Waals surface area (Å²) in [6, 6.07) is 11.6. The third kappa shape index (κ3) is 4.20. The molecule has 0 aliphatic carbocycles. The molecule has 2 atom stereocenters. The second-order valence-electron chi connectivity index (χ2n) is 5.56. The first-order chi connectivity index (χ1) is 12.4. The van der Waals surface area contributed by atoms with Crippen molar-refractivity contribution in [3.8, 4) is 11.5 Å². The number of para-hydroxylation sites is 2. The molecule has 0 saturated carbocycles. The molecule has 26 heavy (non-hydrogen) atoms. The Balaban J connectivity index is 1.59. The van der Waals surface area contributed by atoms with E-state index in [1.54, 1.807) is 36.4 Å². The van der Waals surface area contributed by atoms with Crippen LogP contribution in [0.1, 0.15) is 6.92 Å². The number of carbonyl (C=O) groups is 2. The van der Waals surface area contributed by atoms with E-state index in [-0.39, 0.29) is 6.61 Å². The average Bonchev–Trinajstić information content (AvgIpc) is 2.64. The lowest BCUT2D eigenvalue weighted by atomic mass is 10.2. The highest BCUT2D eigenvalue weighted by Crippen LogP contribution is 2.31. The summed E-state index contributed by atoms with van der Waals surface area (Å²) in [4.78, 5) is 24.5. The van der Waals surface area contributed by atoms with Crippen LogP contribution < -0.4 is 14.8 Å². The van der Waals surface area contributed by atoms with E-state index in [0.717, 1.165) is 0 Å². The van der Waals surface area contributed by atoms with Crippen molar-refractivity contribution in [2.75, 3.05) is 11.9 Å². The number of hydrogen-bond donors (Lipinski definition) is 1. The van der Waals surface area contributed by atoms with Gasteiger partial charge in [-0.3, -0.25) is 4.79 Å². The van der Waals surface area contributed by atoms with Gasteiger partial charge in [-0.15, -0.1) is 0 Å². The maximum absolute atomic E-state index is 12.2. The summed E-state index contributed by atoms with van der Waals surface area (Å²) < 4.78 is 16.2. The molecule has 3 rings (SSSR count). The molecule has 0 aromatic heterocycles. The van der Waals surface area contributed by atoms with Crippen LogP contribution in [-0.4, -0.2) is 30.7 Å². The number of carbonyl (C=O) groups excluding carboxylic acids is 2. The number of rotatable bonds is 4. The second kappa shape index (κ2) is 7.85. The number of anilines is 1. The van der Waals surface area contributed by atoms with E-state index in [2.05, 4.69) is 5.32 Å². The molecule has 136 valence electrons. The van der Waals surface area contributed by atoms with Gasteiger partial charge in [0.05, 0.1) is 10.7 Å². The van der Waals surface area contributed by atoms with Gasteiger partial charge in [0.25, 0.3) is 5.91 Å². The molecule has 0 unspecified atom stereocenters. The van der Waals surface area contributed by atoms with Crippen molar-refractivity contribution in [3.05, 3.63) is 52.5 Å². The quantitative estimate of drug-likeness (QED) is 0.798. The first kappa shape index (κ1) is 18.4. The molecule has 1 N–H and O–H groups in total. The molecule has 1 heterocycles. The van der Waals surface area contributed by atoms with Crippen molar-refractivity contribution in [1.82, 2.24) is 0 Å². The highest BCUT2D eigenvalue weighted by atomic mass is 35.5. The number of nitrogens with one attached hydrogen (secondary N) is 1. The highest BCUT2D eigenvalue weighted by Gasteiger charge is 2.31. The summed E-state index contributed by atoms with van der Waals surface area (Å²) in [5, 5.41) is 3.31. The van der Waals surface area contributed by atoms with Crippen molar-refractivity contribution in [2.45, 2.75) is 19.1 Å². The molecule has 0 spiro atoms. The Labute approximate surface area is 159 Å². The molecule has 0 radical (unpaired) electrons.